The van der Waals surface area contributed by atoms with E-state index in [-0.39, 0.29) is 6.54 Å². The molecule has 1 aromatic rings. The molecule has 3 N–H and O–H groups in total. The van der Waals surface area contributed by atoms with E-state index in [1.807, 2.05) is 0 Å². The molecule has 1 amide bonds. The average Bonchev–Trinajstić information content (AvgIpc) is 2.14. The van der Waals surface area contributed by atoms with Gasteiger partial charge in [-0.15, -0.1) is 0 Å². The smallest absolute Gasteiger partial charge is 0.412 e. The van der Waals surface area contributed by atoms with Crippen molar-refractivity contribution in [2.45, 2.75) is 32.9 Å². The summed E-state index contributed by atoms with van der Waals surface area (Å²) in [5.74, 6) is -0.437. The maximum atomic E-state index is 13.0. The Hall–Kier alpha value is -1.62. The average molecular weight is 240 g/mol. The predicted molar refractivity (Wildman–Crippen MR) is 64.1 cm³/mol. The summed E-state index contributed by atoms with van der Waals surface area (Å²) in [7, 11) is 0. The van der Waals surface area contributed by atoms with Gasteiger partial charge < -0.3 is 10.5 Å². The first-order valence-corrected chi connectivity index (χ1v) is 5.30. The Morgan fingerprint density at radius 1 is 1.47 bits per heavy atom. The number of nitrogens with two attached hydrogens (primary N) is 1. The second kappa shape index (κ2) is 5.14. The van der Waals surface area contributed by atoms with Crippen LogP contribution >= 0.6 is 0 Å². The molecule has 0 heterocycles. The Kier molecular flexibility index (Phi) is 4.07. The lowest BCUT2D eigenvalue weighted by Crippen LogP contribution is -2.27. The first-order chi connectivity index (χ1) is 7.81. The summed E-state index contributed by atoms with van der Waals surface area (Å²) < 4.78 is 18.1. The first kappa shape index (κ1) is 13.4. The quantitative estimate of drug-likeness (QED) is 0.835. The minimum atomic E-state index is -0.627. The zero-order valence-corrected chi connectivity index (χ0v) is 10.2. The molecule has 1 aromatic carbocycles. The second-order valence-electron chi connectivity index (χ2n) is 4.63. The van der Waals surface area contributed by atoms with Crippen molar-refractivity contribution in [1.29, 1.82) is 0 Å². The fraction of sp³-hybridized carbons (Fsp3) is 0.417. The van der Waals surface area contributed by atoms with Gasteiger partial charge >= 0.3 is 6.09 Å². The number of nitrogens with one attached hydrogen (secondary N) is 1. The number of anilines is 1. The normalized spacial score (nSPS) is 11.1. The Morgan fingerprint density at radius 3 is 2.65 bits per heavy atom. The molecule has 1 rings (SSSR count). The van der Waals surface area contributed by atoms with Crippen molar-refractivity contribution in [2.75, 3.05) is 5.32 Å². The van der Waals surface area contributed by atoms with Crippen LogP contribution in [0.4, 0.5) is 14.9 Å². The number of carbonyl (C=O) groups is 1. The molecule has 0 atom stereocenters. The van der Waals surface area contributed by atoms with Crippen LogP contribution in [-0.2, 0) is 11.3 Å². The van der Waals surface area contributed by atoms with Gasteiger partial charge in [0, 0.05) is 6.54 Å². The zero-order valence-electron chi connectivity index (χ0n) is 10.2. The maximum Gasteiger partial charge on any atom is 0.412 e. The molecule has 0 saturated heterocycles. The zero-order chi connectivity index (χ0) is 13.1. The van der Waals surface area contributed by atoms with Crippen LogP contribution in [0.3, 0.4) is 0 Å². The van der Waals surface area contributed by atoms with Gasteiger partial charge in [-0.25, -0.2) is 9.18 Å². The van der Waals surface area contributed by atoms with Crippen LogP contribution in [0.5, 0.6) is 0 Å². The monoisotopic (exact) mass is 240 g/mol. The van der Waals surface area contributed by atoms with E-state index in [4.69, 9.17) is 10.5 Å². The molecule has 0 bridgehead atoms. The van der Waals surface area contributed by atoms with E-state index in [1.165, 1.54) is 18.2 Å². The molecule has 17 heavy (non-hydrogen) atoms. The molecule has 0 aliphatic carbocycles. The lowest BCUT2D eigenvalue weighted by atomic mass is 10.1. The van der Waals surface area contributed by atoms with Crippen molar-refractivity contribution in [2.24, 2.45) is 5.73 Å². The molecular weight excluding hydrogens is 223 g/mol. The van der Waals surface area contributed by atoms with Gasteiger partial charge in [0.25, 0.3) is 0 Å². The van der Waals surface area contributed by atoms with Gasteiger partial charge in [0.05, 0.1) is 5.69 Å². The Morgan fingerprint density at radius 2 is 2.12 bits per heavy atom. The van der Waals surface area contributed by atoms with Crippen molar-refractivity contribution in [3.8, 4) is 0 Å². The van der Waals surface area contributed by atoms with E-state index < -0.39 is 17.5 Å². The Labute approximate surface area is 100.0 Å². The molecule has 5 heteroatoms. The van der Waals surface area contributed by atoms with Crippen molar-refractivity contribution in [1.82, 2.24) is 0 Å². The van der Waals surface area contributed by atoms with Crippen LogP contribution in [0.1, 0.15) is 26.3 Å². The SMILES string of the molecule is CC(C)(C)OC(=O)Nc1cc(F)ccc1CN. The number of hydrogen-bond donors (Lipinski definition) is 2. The van der Waals surface area contributed by atoms with Gasteiger partial charge in [0.15, 0.2) is 0 Å². The number of hydrogen-bond acceptors (Lipinski definition) is 3. The highest BCUT2D eigenvalue weighted by molar-refractivity contribution is 5.85. The summed E-state index contributed by atoms with van der Waals surface area (Å²) in [4.78, 5) is 11.5. The van der Waals surface area contributed by atoms with Gasteiger partial charge in [0.1, 0.15) is 11.4 Å². The Bertz CT molecular complexity index is 413. The summed E-state index contributed by atoms with van der Waals surface area (Å²) in [5.41, 5.74) is 5.88. The minimum absolute atomic E-state index is 0.214. The van der Waals surface area contributed by atoms with Gasteiger partial charge in [-0.2, -0.15) is 0 Å². The minimum Gasteiger partial charge on any atom is -0.444 e. The summed E-state index contributed by atoms with van der Waals surface area (Å²) >= 11 is 0. The van der Waals surface area contributed by atoms with Crippen LogP contribution in [0, 0.1) is 5.82 Å². The summed E-state index contributed by atoms with van der Waals surface area (Å²) in [6, 6.07) is 4.04. The van der Waals surface area contributed by atoms with Crippen LogP contribution in [0.15, 0.2) is 18.2 Å². The fourth-order valence-electron chi connectivity index (χ4n) is 1.26. The summed E-state index contributed by atoms with van der Waals surface area (Å²) in [6.45, 7) is 5.47. The Balaban J connectivity index is 2.80. The van der Waals surface area contributed by atoms with E-state index >= 15 is 0 Å². The van der Waals surface area contributed by atoms with Crippen LogP contribution in [0.2, 0.25) is 0 Å². The molecule has 0 spiro atoms. The molecule has 0 fully saturated rings. The van der Waals surface area contributed by atoms with E-state index in [0.29, 0.717) is 11.3 Å². The number of halogens is 1. The van der Waals surface area contributed by atoms with Crippen molar-refractivity contribution >= 4 is 11.8 Å². The number of rotatable bonds is 2. The maximum absolute atomic E-state index is 13.0. The molecule has 0 aromatic heterocycles. The summed E-state index contributed by atoms with van der Waals surface area (Å²) in [5, 5.41) is 2.48. The number of benzene rings is 1. The molecule has 4 nitrogen and oxygen atoms in total. The predicted octanol–water partition coefficient (Wildman–Crippen LogP) is 2.63. The third-order valence-electron chi connectivity index (χ3n) is 1.93. The molecule has 0 saturated carbocycles. The van der Waals surface area contributed by atoms with E-state index in [9.17, 15) is 9.18 Å². The van der Waals surface area contributed by atoms with E-state index in [2.05, 4.69) is 5.32 Å². The van der Waals surface area contributed by atoms with Gasteiger partial charge in [0.2, 0.25) is 0 Å². The highest BCUT2D eigenvalue weighted by Gasteiger charge is 2.17. The number of amides is 1. The second-order valence-corrected chi connectivity index (χ2v) is 4.63. The molecule has 0 aliphatic heterocycles. The molecular formula is C12H17FN2O2. The van der Waals surface area contributed by atoms with Gasteiger partial charge in [-0.3, -0.25) is 5.32 Å². The van der Waals surface area contributed by atoms with E-state index in [1.54, 1.807) is 20.8 Å². The molecule has 0 aliphatic rings. The molecule has 94 valence electrons. The first-order valence-electron chi connectivity index (χ1n) is 5.30. The topological polar surface area (TPSA) is 64.3 Å². The van der Waals surface area contributed by atoms with Gasteiger partial charge in [-0.1, -0.05) is 6.07 Å². The largest absolute Gasteiger partial charge is 0.444 e. The highest BCUT2D eigenvalue weighted by atomic mass is 19.1. The highest BCUT2D eigenvalue weighted by Crippen LogP contribution is 2.18. The summed E-state index contributed by atoms with van der Waals surface area (Å²) in [6.07, 6.45) is -0.627. The van der Waals surface area contributed by atoms with E-state index in [0.717, 1.165) is 0 Å². The van der Waals surface area contributed by atoms with Gasteiger partial charge in [-0.05, 0) is 38.5 Å². The number of ether oxygens (including phenoxy) is 1. The third kappa shape index (κ3) is 4.40. The lowest BCUT2D eigenvalue weighted by Gasteiger charge is -2.20. The third-order valence-corrected chi connectivity index (χ3v) is 1.93. The van der Waals surface area contributed by atoms with Crippen molar-refractivity contribution < 1.29 is 13.9 Å². The van der Waals surface area contributed by atoms with Crippen molar-refractivity contribution in [3.05, 3.63) is 29.6 Å². The van der Waals surface area contributed by atoms with Crippen LogP contribution in [0.25, 0.3) is 0 Å². The lowest BCUT2D eigenvalue weighted by molar-refractivity contribution is 0.0636. The standard InChI is InChI=1S/C12H17FN2O2/c1-12(2,3)17-11(16)15-10-6-9(13)5-4-8(10)7-14/h4-6H,7,14H2,1-3H3,(H,15,16). The van der Waals surface area contributed by atoms with Crippen molar-refractivity contribution in [3.63, 3.8) is 0 Å². The van der Waals surface area contributed by atoms with Crippen LogP contribution < -0.4 is 11.1 Å². The molecule has 0 unspecified atom stereocenters. The fourth-order valence-corrected chi connectivity index (χ4v) is 1.26. The number of carbonyl (C=O) groups excluding carboxylic acids is 1. The molecule has 0 radical (unpaired) electrons. The van der Waals surface area contributed by atoms with Crippen LogP contribution in [-0.4, -0.2) is 11.7 Å².